The Hall–Kier alpha value is -3.39. The Morgan fingerprint density at radius 1 is 0.677 bits per heavy atom. The van der Waals surface area contributed by atoms with E-state index >= 15 is 0 Å². The van der Waals surface area contributed by atoms with Gasteiger partial charge in [0.15, 0.2) is 0 Å². The highest BCUT2D eigenvalue weighted by molar-refractivity contribution is 6.23. The van der Waals surface area contributed by atoms with Gasteiger partial charge in [-0.2, -0.15) is 0 Å². The van der Waals surface area contributed by atoms with E-state index in [9.17, 15) is 0 Å². The molecule has 0 bridgehead atoms. The fourth-order valence-corrected chi connectivity index (χ4v) is 5.89. The number of aromatic nitrogens is 2. The van der Waals surface area contributed by atoms with Crippen molar-refractivity contribution in [1.82, 2.24) is 9.38 Å². The zero-order chi connectivity index (χ0) is 20.4. The normalized spacial score (nSPS) is 15.6. The summed E-state index contributed by atoms with van der Waals surface area (Å²) in [6.07, 6.45) is 8.75. The van der Waals surface area contributed by atoms with E-state index in [0.29, 0.717) is 5.92 Å². The molecule has 1 aliphatic rings. The van der Waals surface area contributed by atoms with Crippen LogP contribution in [0.2, 0.25) is 0 Å². The zero-order valence-electron chi connectivity index (χ0n) is 17.5. The largest absolute Gasteiger partial charge is 0.308 e. The summed E-state index contributed by atoms with van der Waals surface area (Å²) in [6.45, 7) is 0. The van der Waals surface area contributed by atoms with Gasteiger partial charge in [-0.3, -0.25) is 4.98 Å². The SMILES string of the molecule is c1ccc2c(c1)c1cccc3c4cc(-c5cc(C6CCCCC6)ccn5)ccc4n2c13. The quantitative estimate of drug-likeness (QED) is 0.288. The second-order valence-electron chi connectivity index (χ2n) is 9.10. The van der Waals surface area contributed by atoms with Gasteiger partial charge in [0.05, 0.1) is 22.2 Å². The number of fused-ring (bicyclic) bond motifs is 6. The second kappa shape index (κ2) is 6.55. The van der Waals surface area contributed by atoms with Crippen molar-refractivity contribution < 1.29 is 0 Å². The second-order valence-corrected chi connectivity index (χ2v) is 9.10. The minimum atomic E-state index is 0.700. The molecule has 0 aliphatic heterocycles. The van der Waals surface area contributed by atoms with Crippen LogP contribution in [0.4, 0.5) is 0 Å². The molecule has 2 nitrogen and oxygen atoms in total. The summed E-state index contributed by atoms with van der Waals surface area (Å²) in [5, 5.41) is 5.31. The minimum Gasteiger partial charge on any atom is -0.308 e. The molecule has 150 valence electrons. The van der Waals surface area contributed by atoms with E-state index in [-0.39, 0.29) is 0 Å². The monoisotopic (exact) mass is 400 g/mol. The molecule has 1 fully saturated rings. The van der Waals surface area contributed by atoms with Crippen LogP contribution in [0.3, 0.4) is 0 Å². The highest BCUT2D eigenvalue weighted by Crippen LogP contribution is 2.40. The summed E-state index contributed by atoms with van der Waals surface area (Å²) < 4.78 is 2.44. The van der Waals surface area contributed by atoms with Gasteiger partial charge in [0.25, 0.3) is 0 Å². The van der Waals surface area contributed by atoms with Crippen molar-refractivity contribution in [2.75, 3.05) is 0 Å². The maximum Gasteiger partial charge on any atom is 0.0705 e. The number of pyridine rings is 1. The van der Waals surface area contributed by atoms with Crippen molar-refractivity contribution >= 4 is 38.1 Å². The van der Waals surface area contributed by atoms with Gasteiger partial charge in [-0.1, -0.05) is 61.7 Å². The van der Waals surface area contributed by atoms with Crippen LogP contribution in [0.25, 0.3) is 49.4 Å². The van der Waals surface area contributed by atoms with Gasteiger partial charge in [0.1, 0.15) is 0 Å². The van der Waals surface area contributed by atoms with E-state index in [1.165, 1.54) is 81.3 Å². The van der Waals surface area contributed by atoms with E-state index in [1.54, 1.807) is 0 Å². The molecule has 31 heavy (non-hydrogen) atoms. The fourth-order valence-electron chi connectivity index (χ4n) is 5.89. The maximum atomic E-state index is 4.76. The van der Waals surface area contributed by atoms with Gasteiger partial charge in [-0.15, -0.1) is 0 Å². The molecule has 3 aromatic heterocycles. The topological polar surface area (TPSA) is 17.3 Å². The van der Waals surface area contributed by atoms with Crippen molar-refractivity contribution in [3.63, 3.8) is 0 Å². The average Bonchev–Trinajstić information content (AvgIpc) is 3.36. The predicted octanol–water partition coefficient (Wildman–Crippen LogP) is 7.95. The lowest BCUT2D eigenvalue weighted by molar-refractivity contribution is 0.443. The first-order valence-corrected chi connectivity index (χ1v) is 11.5. The van der Waals surface area contributed by atoms with E-state index in [4.69, 9.17) is 4.98 Å². The third kappa shape index (κ3) is 2.48. The lowest BCUT2D eigenvalue weighted by atomic mass is 9.84. The summed E-state index contributed by atoms with van der Waals surface area (Å²) in [6, 6.07) is 26.9. The van der Waals surface area contributed by atoms with Gasteiger partial charge in [-0.25, -0.2) is 0 Å². The predicted molar refractivity (Wildman–Crippen MR) is 130 cm³/mol. The van der Waals surface area contributed by atoms with Crippen LogP contribution in [0.15, 0.2) is 79.0 Å². The molecule has 0 N–H and O–H groups in total. The molecule has 0 unspecified atom stereocenters. The molecular formula is C29H24N2. The molecule has 0 spiro atoms. The van der Waals surface area contributed by atoms with Crippen LogP contribution >= 0.6 is 0 Å². The van der Waals surface area contributed by atoms with E-state index in [0.717, 1.165) is 5.69 Å². The Morgan fingerprint density at radius 3 is 2.35 bits per heavy atom. The van der Waals surface area contributed by atoms with Crippen LogP contribution in [0.1, 0.15) is 43.6 Å². The average molecular weight is 401 g/mol. The van der Waals surface area contributed by atoms with Crippen molar-refractivity contribution in [3.05, 3.63) is 84.6 Å². The molecule has 0 amide bonds. The summed E-state index contributed by atoms with van der Waals surface area (Å²) >= 11 is 0. The minimum absolute atomic E-state index is 0.700. The number of hydrogen-bond acceptors (Lipinski definition) is 1. The number of nitrogens with zero attached hydrogens (tertiary/aromatic N) is 2. The van der Waals surface area contributed by atoms with Gasteiger partial charge >= 0.3 is 0 Å². The fraction of sp³-hybridized carbons (Fsp3) is 0.207. The molecule has 6 aromatic rings. The first-order valence-electron chi connectivity index (χ1n) is 11.5. The number of hydrogen-bond donors (Lipinski definition) is 0. The summed E-state index contributed by atoms with van der Waals surface area (Å²) in [4.78, 5) is 4.76. The Morgan fingerprint density at radius 2 is 1.45 bits per heavy atom. The van der Waals surface area contributed by atoms with Gasteiger partial charge in [-0.05, 0) is 54.7 Å². The Balaban J connectivity index is 1.45. The number of benzene rings is 3. The van der Waals surface area contributed by atoms with Crippen molar-refractivity contribution in [2.24, 2.45) is 0 Å². The van der Waals surface area contributed by atoms with E-state index in [1.807, 2.05) is 6.20 Å². The van der Waals surface area contributed by atoms with Crippen LogP contribution in [-0.2, 0) is 0 Å². The molecule has 1 saturated carbocycles. The van der Waals surface area contributed by atoms with Crippen molar-refractivity contribution in [3.8, 4) is 11.3 Å². The van der Waals surface area contributed by atoms with Crippen LogP contribution in [0, 0.1) is 0 Å². The maximum absolute atomic E-state index is 4.76. The lowest BCUT2D eigenvalue weighted by Crippen LogP contribution is -2.04. The summed E-state index contributed by atoms with van der Waals surface area (Å²) in [5.74, 6) is 0.700. The Labute approximate surface area is 181 Å². The van der Waals surface area contributed by atoms with E-state index in [2.05, 4.69) is 77.2 Å². The number of para-hydroxylation sites is 2. The third-order valence-electron chi connectivity index (χ3n) is 7.38. The first-order chi connectivity index (χ1) is 15.4. The number of rotatable bonds is 2. The lowest BCUT2D eigenvalue weighted by Gasteiger charge is -2.22. The molecule has 0 saturated heterocycles. The third-order valence-corrected chi connectivity index (χ3v) is 7.38. The Kier molecular flexibility index (Phi) is 3.66. The standard InChI is InChI=1S/C29H24N2/c1-2-7-19(8-3-1)20-15-16-30-26(18-20)21-13-14-28-25(17-21)24-11-6-10-23-22-9-4-5-12-27(22)31(28)29(23)24/h4-6,9-19H,1-3,7-8H2. The van der Waals surface area contributed by atoms with Crippen molar-refractivity contribution in [2.45, 2.75) is 38.0 Å². The van der Waals surface area contributed by atoms with Gasteiger partial charge < -0.3 is 4.40 Å². The molecule has 2 heteroatoms. The molecule has 7 rings (SSSR count). The van der Waals surface area contributed by atoms with Gasteiger partial charge in [0, 0.05) is 33.3 Å². The Bertz CT molecular complexity index is 1570. The molecule has 3 aromatic carbocycles. The smallest absolute Gasteiger partial charge is 0.0705 e. The summed E-state index contributed by atoms with van der Waals surface area (Å²) in [5.41, 5.74) is 7.67. The molecule has 3 heterocycles. The summed E-state index contributed by atoms with van der Waals surface area (Å²) in [7, 11) is 0. The van der Waals surface area contributed by atoms with E-state index < -0.39 is 0 Å². The van der Waals surface area contributed by atoms with Crippen LogP contribution in [-0.4, -0.2) is 9.38 Å². The van der Waals surface area contributed by atoms with Crippen molar-refractivity contribution in [1.29, 1.82) is 0 Å². The molecular weight excluding hydrogens is 376 g/mol. The molecule has 0 atom stereocenters. The molecule has 0 radical (unpaired) electrons. The first kappa shape index (κ1) is 17.3. The highest BCUT2D eigenvalue weighted by Gasteiger charge is 2.19. The van der Waals surface area contributed by atoms with Crippen LogP contribution < -0.4 is 0 Å². The van der Waals surface area contributed by atoms with Gasteiger partial charge in [0.2, 0.25) is 0 Å². The highest BCUT2D eigenvalue weighted by atomic mass is 14.9. The molecule has 1 aliphatic carbocycles. The zero-order valence-corrected chi connectivity index (χ0v) is 17.5. The van der Waals surface area contributed by atoms with Crippen LogP contribution in [0.5, 0.6) is 0 Å².